The van der Waals surface area contributed by atoms with E-state index in [2.05, 4.69) is 4.74 Å². The van der Waals surface area contributed by atoms with Crippen LogP contribution in [-0.4, -0.2) is 46.2 Å². The highest BCUT2D eigenvalue weighted by Crippen LogP contribution is 2.17. The fourth-order valence-corrected chi connectivity index (χ4v) is 2.61. The van der Waals surface area contributed by atoms with E-state index in [0.717, 1.165) is 6.07 Å². The third-order valence-electron chi connectivity index (χ3n) is 2.42. The van der Waals surface area contributed by atoms with E-state index < -0.39 is 28.5 Å². The quantitative estimate of drug-likeness (QED) is 0.678. The van der Waals surface area contributed by atoms with E-state index in [0.29, 0.717) is 5.56 Å². The highest BCUT2D eigenvalue weighted by atomic mass is 32.2. The lowest BCUT2D eigenvalue weighted by molar-refractivity contribution is -0.135. The van der Waals surface area contributed by atoms with Crippen LogP contribution in [0.1, 0.15) is 15.9 Å². The highest BCUT2D eigenvalue weighted by Gasteiger charge is 2.19. The van der Waals surface area contributed by atoms with Gasteiger partial charge in [0.15, 0.2) is 0 Å². The molecule has 0 amide bonds. The lowest BCUT2D eigenvalue weighted by atomic mass is 10.1. The zero-order chi connectivity index (χ0) is 16.0. The third-order valence-corrected chi connectivity index (χ3v) is 3.80. The third kappa shape index (κ3) is 4.81. The molecule has 116 valence electrons. The van der Waals surface area contributed by atoms with Gasteiger partial charge in [-0.1, -0.05) is 0 Å². The van der Waals surface area contributed by atoms with E-state index in [9.17, 15) is 18.0 Å². The number of carbonyl (C=O) groups is 2. The largest absolute Gasteiger partial charge is 0.480 e. The number of esters is 1. The second-order valence-electron chi connectivity index (χ2n) is 4.01. The van der Waals surface area contributed by atoms with Crippen molar-refractivity contribution in [1.82, 2.24) is 4.72 Å². The van der Waals surface area contributed by atoms with Crippen LogP contribution in [0.4, 0.5) is 0 Å². The molecule has 0 atom stereocenters. The molecule has 0 saturated carbocycles. The zero-order valence-electron chi connectivity index (χ0n) is 11.5. The van der Waals surface area contributed by atoms with Gasteiger partial charge in [0, 0.05) is 7.11 Å². The second-order valence-corrected chi connectivity index (χ2v) is 5.78. The first-order valence-corrected chi connectivity index (χ1v) is 7.21. The monoisotopic (exact) mass is 317 g/mol. The van der Waals surface area contributed by atoms with Crippen molar-refractivity contribution >= 4 is 22.0 Å². The van der Waals surface area contributed by atoms with Crippen LogP contribution in [0.15, 0.2) is 23.1 Å². The van der Waals surface area contributed by atoms with E-state index in [1.54, 1.807) is 0 Å². The molecule has 9 heteroatoms. The molecule has 21 heavy (non-hydrogen) atoms. The average Bonchev–Trinajstić information content (AvgIpc) is 2.44. The number of benzene rings is 1. The van der Waals surface area contributed by atoms with E-state index >= 15 is 0 Å². The number of carboxylic acid groups (broad SMARTS) is 1. The summed E-state index contributed by atoms with van der Waals surface area (Å²) in [5.41, 5.74) is 0.471. The maximum atomic E-state index is 12.0. The summed E-state index contributed by atoms with van der Waals surface area (Å²) in [4.78, 5) is 21.8. The molecule has 0 aromatic heterocycles. The number of rotatable bonds is 7. The highest BCUT2D eigenvalue weighted by molar-refractivity contribution is 7.89. The van der Waals surface area contributed by atoms with Crippen LogP contribution in [0, 0.1) is 0 Å². The summed E-state index contributed by atoms with van der Waals surface area (Å²) < 4.78 is 35.3. The molecule has 8 nitrogen and oxygen atoms in total. The predicted octanol–water partition coefficient (Wildman–Crippen LogP) is -0.0175. The molecule has 0 aliphatic rings. The van der Waals surface area contributed by atoms with Gasteiger partial charge < -0.3 is 14.6 Å². The lowest BCUT2D eigenvalue weighted by Crippen LogP contribution is -2.29. The van der Waals surface area contributed by atoms with Crippen LogP contribution in [0.5, 0.6) is 0 Å². The molecule has 0 radical (unpaired) electrons. The fourth-order valence-electron chi connectivity index (χ4n) is 1.54. The normalized spacial score (nSPS) is 11.1. The maximum Gasteiger partial charge on any atom is 0.337 e. The van der Waals surface area contributed by atoms with Gasteiger partial charge in [0.2, 0.25) is 10.0 Å². The van der Waals surface area contributed by atoms with E-state index in [1.807, 2.05) is 4.72 Å². The first kappa shape index (κ1) is 17.1. The molecular weight excluding hydrogens is 302 g/mol. The van der Waals surface area contributed by atoms with Gasteiger partial charge in [0.05, 0.1) is 24.2 Å². The van der Waals surface area contributed by atoms with Gasteiger partial charge in [-0.05, 0) is 23.8 Å². The summed E-state index contributed by atoms with van der Waals surface area (Å²) >= 11 is 0. The fraction of sp³-hybridized carbons (Fsp3) is 0.333. The number of sulfonamides is 1. The van der Waals surface area contributed by atoms with Crippen molar-refractivity contribution in [2.75, 3.05) is 20.8 Å². The SMILES string of the molecule is COCc1cc(C(=O)OC)cc(S(=O)(=O)NCC(=O)O)c1. The molecule has 0 unspecified atom stereocenters. The maximum absolute atomic E-state index is 12.0. The Morgan fingerprint density at radius 3 is 2.43 bits per heavy atom. The summed E-state index contributed by atoms with van der Waals surface area (Å²) in [7, 11) is -1.47. The first-order valence-electron chi connectivity index (χ1n) is 5.73. The van der Waals surface area contributed by atoms with E-state index in [1.165, 1.54) is 26.4 Å². The number of carboxylic acids is 1. The molecule has 1 aromatic carbocycles. The smallest absolute Gasteiger partial charge is 0.337 e. The minimum Gasteiger partial charge on any atom is -0.480 e. The Balaban J connectivity index is 3.24. The summed E-state index contributed by atoms with van der Waals surface area (Å²) in [6.45, 7) is -0.670. The second kappa shape index (κ2) is 7.16. The van der Waals surface area contributed by atoms with Gasteiger partial charge in [-0.2, -0.15) is 4.72 Å². The standard InChI is InChI=1S/C12H15NO7S/c1-19-7-8-3-9(12(16)20-2)5-10(4-8)21(17,18)13-6-11(14)15/h3-5,13H,6-7H2,1-2H3,(H,14,15). The van der Waals surface area contributed by atoms with Crippen LogP contribution < -0.4 is 4.72 Å². The first-order chi connectivity index (χ1) is 9.80. The van der Waals surface area contributed by atoms with Gasteiger partial charge in [0.25, 0.3) is 0 Å². The zero-order valence-corrected chi connectivity index (χ0v) is 12.3. The van der Waals surface area contributed by atoms with Crippen molar-refractivity contribution in [2.45, 2.75) is 11.5 Å². The summed E-state index contributed by atoms with van der Waals surface area (Å²) in [5.74, 6) is -2.03. The number of hydrogen-bond acceptors (Lipinski definition) is 6. The van der Waals surface area contributed by atoms with Crippen LogP contribution in [-0.2, 0) is 30.9 Å². The summed E-state index contributed by atoms with van der Waals surface area (Å²) in [6, 6.07) is 3.83. The molecule has 0 spiro atoms. The van der Waals surface area contributed by atoms with Crippen molar-refractivity contribution in [1.29, 1.82) is 0 Å². The van der Waals surface area contributed by atoms with Crippen molar-refractivity contribution in [3.63, 3.8) is 0 Å². The topological polar surface area (TPSA) is 119 Å². The van der Waals surface area contributed by atoms with Crippen molar-refractivity contribution in [2.24, 2.45) is 0 Å². The Morgan fingerprint density at radius 1 is 1.24 bits per heavy atom. The number of methoxy groups -OCH3 is 2. The van der Waals surface area contributed by atoms with E-state index in [4.69, 9.17) is 9.84 Å². The van der Waals surface area contributed by atoms with Crippen molar-refractivity contribution in [3.8, 4) is 0 Å². The van der Waals surface area contributed by atoms with Crippen LogP contribution >= 0.6 is 0 Å². The molecule has 0 heterocycles. The average molecular weight is 317 g/mol. The molecular formula is C12H15NO7S. The molecule has 0 bridgehead atoms. The van der Waals surface area contributed by atoms with Gasteiger partial charge in [-0.15, -0.1) is 0 Å². The molecule has 2 N–H and O–H groups in total. The molecule has 0 aliphatic carbocycles. The van der Waals surface area contributed by atoms with Crippen LogP contribution in [0.2, 0.25) is 0 Å². The van der Waals surface area contributed by atoms with Gasteiger partial charge in [-0.25, -0.2) is 13.2 Å². The molecule has 0 fully saturated rings. The minimum absolute atomic E-state index is 0.0303. The predicted molar refractivity (Wildman–Crippen MR) is 71.3 cm³/mol. The number of ether oxygens (including phenoxy) is 2. The number of hydrogen-bond donors (Lipinski definition) is 2. The molecule has 0 saturated heterocycles. The number of nitrogens with one attached hydrogen (secondary N) is 1. The molecule has 1 aromatic rings. The van der Waals surface area contributed by atoms with Crippen molar-refractivity contribution in [3.05, 3.63) is 29.3 Å². The van der Waals surface area contributed by atoms with E-state index in [-0.39, 0.29) is 17.1 Å². The Morgan fingerprint density at radius 2 is 1.90 bits per heavy atom. The van der Waals surface area contributed by atoms with Gasteiger partial charge >= 0.3 is 11.9 Å². The van der Waals surface area contributed by atoms with Crippen LogP contribution in [0.25, 0.3) is 0 Å². The Labute approximate surface area is 121 Å². The molecule has 1 rings (SSSR count). The van der Waals surface area contributed by atoms with Gasteiger partial charge in [-0.3, -0.25) is 4.79 Å². The Bertz CT molecular complexity index is 639. The minimum atomic E-state index is -4.05. The number of aliphatic carboxylic acids is 1. The summed E-state index contributed by atoms with van der Waals surface area (Å²) in [5, 5.41) is 8.52. The van der Waals surface area contributed by atoms with Crippen molar-refractivity contribution < 1.29 is 32.6 Å². The Hall–Kier alpha value is -1.97. The van der Waals surface area contributed by atoms with Gasteiger partial charge in [0.1, 0.15) is 6.54 Å². The Kier molecular flexibility index (Phi) is 5.82. The van der Waals surface area contributed by atoms with Crippen LogP contribution in [0.3, 0.4) is 0 Å². The lowest BCUT2D eigenvalue weighted by Gasteiger charge is -2.09. The summed E-state index contributed by atoms with van der Waals surface area (Å²) in [6.07, 6.45) is 0. The molecule has 0 aliphatic heterocycles. The number of carbonyl (C=O) groups excluding carboxylic acids is 1.